The van der Waals surface area contributed by atoms with Gasteiger partial charge in [-0.1, -0.05) is 0 Å². The predicted octanol–water partition coefficient (Wildman–Crippen LogP) is 0.521. The summed E-state index contributed by atoms with van der Waals surface area (Å²) in [6.45, 7) is 6.18. The second-order valence-corrected chi connectivity index (χ2v) is 4.07. The zero-order chi connectivity index (χ0) is 13.7. The molecule has 0 aliphatic heterocycles. The zero-order valence-corrected chi connectivity index (χ0v) is 11.3. The van der Waals surface area contributed by atoms with Crippen LogP contribution < -0.4 is 0 Å². The Morgan fingerprint density at radius 3 is 2.56 bits per heavy atom. The summed E-state index contributed by atoms with van der Waals surface area (Å²) in [4.78, 5) is 24.6. The second-order valence-electron chi connectivity index (χ2n) is 4.07. The molecule has 18 heavy (non-hydrogen) atoms. The van der Waals surface area contributed by atoms with Crippen molar-refractivity contribution in [3.8, 4) is 0 Å². The molecular formula is C12H19N3O3. The molecule has 1 aromatic rings. The van der Waals surface area contributed by atoms with E-state index in [9.17, 15) is 9.59 Å². The highest BCUT2D eigenvalue weighted by Crippen LogP contribution is 2.03. The van der Waals surface area contributed by atoms with E-state index in [-0.39, 0.29) is 19.0 Å². The Balaban J connectivity index is 2.68. The van der Waals surface area contributed by atoms with Gasteiger partial charge in [-0.15, -0.1) is 0 Å². The number of hydrogen-bond acceptors (Lipinski definition) is 4. The normalized spacial score (nSPS) is 10.2. The molecular weight excluding hydrogens is 234 g/mol. The summed E-state index contributed by atoms with van der Waals surface area (Å²) >= 11 is 0. The molecule has 0 atom stereocenters. The van der Waals surface area contributed by atoms with Gasteiger partial charge in [0.25, 0.3) is 0 Å². The summed E-state index contributed by atoms with van der Waals surface area (Å²) in [6.07, 6.45) is 0. The van der Waals surface area contributed by atoms with Gasteiger partial charge in [0.1, 0.15) is 13.1 Å². The second kappa shape index (κ2) is 6.18. The number of amides is 1. The van der Waals surface area contributed by atoms with Crippen LogP contribution in [0.5, 0.6) is 0 Å². The first-order valence-electron chi connectivity index (χ1n) is 5.83. The quantitative estimate of drug-likeness (QED) is 0.718. The van der Waals surface area contributed by atoms with Crippen molar-refractivity contribution in [2.75, 3.05) is 20.2 Å². The SMILES string of the molecule is CCN(CC(=O)OC)C(=O)Cn1nc(C)cc1C. The molecule has 100 valence electrons. The maximum atomic E-state index is 12.0. The van der Waals surface area contributed by atoms with Crippen LogP contribution in [-0.2, 0) is 20.9 Å². The van der Waals surface area contributed by atoms with Gasteiger partial charge < -0.3 is 9.64 Å². The first-order chi connectivity index (χ1) is 8.47. The Labute approximate surface area is 107 Å². The molecule has 0 saturated heterocycles. The number of nitrogens with zero attached hydrogens (tertiary/aromatic N) is 3. The smallest absolute Gasteiger partial charge is 0.325 e. The molecule has 6 nitrogen and oxygen atoms in total. The van der Waals surface area contributed by atoms with E-state index in [0.29, 0.717) is 6.54 Å². The number of carbonyl (C=O) groups excluding carboxylic acids is 2. The molecule has 0 unspecified atom stereocenters. The number of aryl methyl sites for hydroxylation is 2. The molecule has 6 heteroatoms. The lowest BCUT2D eigenvalue weighted by atomic mass is 10.4. The molecule has 0 aliphatic carbocycles. The summed E-state index contributed by atoms with van der Waals surface area (Å²) in [5.74, 6) is -0.562. The minimum Gasteiger partial charge on any atom is -0.468 e. The third-order valence-electron chi connectivity index (χ3n) is 2.67. The fourth-order valence-electron chi connectivity index (χ4n) is 1.66. The fourth-order valence-corrected chi connectivity index (χ4v) is 1.66. The first-order valence-corrected chi connectivity index (χ1v) is 5.83. The van der Waals surface area contributed by atoms with Crippen molar-refractivity contribution < 1.29 is 14.3 Å². The maximum absolute atomic E-state index is 12.0. The highest BCUT2D eigenvalue weighted by atomic mass is 16.5. The van der Waals surface area contributed by atoms with Crippen molar-refractivity contribution in [1.29, 1.82) is 0 Å². The van der Waals surface area contributed by atoms with Crippen molar-refractivity contribution >= 4 is 11.9 Å². The number of methoxy groups -OCH3 is 1. The molecule has 0 aliphatic rings. The van der Waals surface area contributed by atoms with Crippen molar-refractivity contribution in [3.05, 3.63) is 17.5 Å². The van der Waals surface area contributed by atoms with Crippen LogP contribution in [-0.4, -0.2) is 46.8 Å². The van der Waals surface area contributed by atoms with E-state index in [1.807, 2.05) is 26.8 Å². The minimum atomic E-state index is -0.418. The molecule has 0 aromatic carbocycles. The summed E-state index contributed by atoms with van der Waals surface area (Å²) in [6, 6.07) is 1.91. The third kappa shape index (κ3) is 3.58. The Kier molecular flexibility index (Phi) is 4.88. The molecule has 0 spiro atoms. The molecule has 0 N–H and O–H groups in total. The lowest BCUT2D eigenvalue weighted by Gasteiger charge is -2.19. The molecule has 1 rings (SSSR count). The molecule has 0 radical (unpaired) electrons. The van der Waals surface area contributed by atoms with E-state index in [4.69, 9.17) is 0 Å². The van der Waals surface area contributed by atoms with E-state index < -0.39 is 5.97 Å². The molecule has 0 saturated carbocycles. The minimum absolute atomic E-state index is 0.0227. The lowest BCUT2D eigenvalue weighted by Crippen LogP contribution is -2.38. The van der Waals surface area contributed by atoms with E-state index >= 15 is 0 Å². The van der Waals surface area contributed by atoms with Gasteiger partial charge in [-0.2, -0.15) is 5.10 Å². The van der Waals surface area contributed by atoms with Gasteiger partial charge >= 0.3 is 5.97 Å². The monoisotopic (exact) mass is 253 g/mol. The number of rotatable bonds is 5. The Morgan fingerprint density at radius 2 is 2.11 bits per heavy atom. The zero-order valence-electron chi connectivity index (χ0n) is 11.3. The standard InChI is InChI=1S/C12H19N3O3/c1-5-14(8-12(17)18-4)11(16)7-15-10(3)6-9(2)13-15/h6H,5,7-8H2,1-4H3. The third-order valence-corrected chi connectivity index (χ3v) is 2.67. The van der Waals surface area contributed by atoms with Crippen LogP contribution in [0.1, 0.15) is 18.3 Å². The number of aromatic nitrogens is 2. The van der Waals surface area contributed by atoms with Gasteiger partial charge in [-0.25, -0.2) is 0 Å². The molecule has 0 bridgehead atoms. The molecule has 0 fully saturated rings. The largest absolute Gasteiger partial charge is 0.468 e. The number of esters is 1. The van der Waals surface area contributed by atoms with Crippen molar-refractivity contribution in [2.24, 2.45) is 0 Å². The van der Waals surface area contributed by atoms with Crippen LogP contribution >= 0.6 is 0 Å². The van der Waals surface area contributed by atoms with Gasteiger partial charge in [0.05, 0.1) is 12.8 Å². The Hall–Kier alpha value is -1.85. The van der Waals surface area contributed by atoms with Gasteiger partial charge in [0.2, 0.25) is 5.91 Å². The fraction of sp³-hybridized carbons (Fsp3) is 0.583. The van der Waals surface area contributed by atoms with Gasteiger partial charge in [0.15, 0.2) is 0 Å². The van der Waals surface area contributed by atoms with Crippen LogP contribution in [0.15, 0.2) is 6.07 Å². The van der Waals surface area contributed by atoms with E-state index in [0.717, 1.165) is 11.4 Å². The number of hydrogen-bond donors (Lipinski definition) is 0. The van der Waals surface area contributed by atoms with E-state index in [1.165, 1.54) is 12.0 Å². The number of carbonyl (C=O) groups is 2. The van der Waals surface area contributed by atoms with Crippen LogP contribution in [0.3, 0.4) is 0 Å². The Morgan fingerprint density at radius 1 is 1.44 bits per heavy atom. The Bertz CT molecular complexity index is 440. The van der Waals surface area contributed by atoms with Crippen molar-refractivity contribution in [2.45, 2.75) is 27.3 Å². The highest BCUT2D eigenvalue weighted by Gasteiger charge is 2.17. The van der Waals surface area contributed by atoms with Gasteiger partial charge in [-0.05, 0) is 26.8 Å². The van der Waals surface area contributed by atoms with Crippen LogP contribution in [0.2, 0.25) is 0 Å². The lowest BCUT2D eigenvalue weighted by molar-refractivity contribution is -0.147. The molecule has 1 amide bonds. The van der Waals surface area contributed by atoms with E-state index in [1.54, 1.807) is 4.68 Å². The van der Waals surface area contributed by atoms with E-state index in [2.05, 4.69) is 9.84 Å². The average molecular weight is 253 g/mol. The summed E-state index contributed by atoms with van der Waals surface area (Å²) < 4.78 is 6.19. The summed E-state index contributed by atoms with van der Waals surface area (Å²) in [7, 11) is 1.31. The number of ether oxygens (including phenoxy) is 1. The van der Waals surface area contributed by atoms with Crippen LogP contribution in [0.4, 0.5) is 0 Å². The van der Waals surface area contributed by atoms with Crippen molar-refractivity contribution in [1.82, 2.24) is 14.7 Å². The highest BCUT2D eigenvalue weighted by molar-refractivity contribution is 5.81. The van der Waals surface area contributed by atoms with Crippen LogP contribution in [0, 0.1) is 13.8 Å². The summed E-state index contributed by atoms with van der Waals surface area (Å²) in [5, 5.41) is 4.22. The predicted molar refractivity (Wildman–Crippen MR) is 66.0 cm³/mol. The van der Waals surface area contributed by atoms with Gasteiger partial charge in [-0.3, -0.25) is 14.3 Å². The van der Waals surface area contributed by atoms with Crippen molar-refractivity contribution in [3.63, 3.8) is 0 Å². The average Bonchev–Trinajstić information content (AvgIpc) is 2.64. The van der Waals surface area contributed by atoms with Gasteiger partial charge in [0, 0.05) is 12.2 Å². The summed E-state index contributed by atoms with van der Waals surface area (Å²) in [5.41, 5.74) is 1.80. The maximum Gasteiger partial charge on any atom is 0.325 e. The topological polar surface area (TPSA) is 64.4 Å². The van der Waals surface area contributed by atoms with Crippen LogP contribution in [0.25, 0.3) is 0 Å². The number of likely N-dealkylation sites (N-methyl/N-ethyl adjacent to an activating group) is 1. The first kappa shape index (κ1) is 14.2. The molecule has 1 aromatic heterocycles. The molecule has 1 heterocycles.